The molecule has 0 unspecified atom stereocenters. The molecule has 2 atom stereocenters. The lowest BCUT2D eigenvalue weighted by atomic mass is 9.98. The van der Waals surface area contributed by atoms with Gasteiger partial charge in [-0.1, -0.05) is 19.4 Å². The molecule has 2 aliphatic rings. The highest BCUT2D eigenvalue weighted by molar-refractivity contribution is 5.98. The molecule has 0 saturated carbocycles. The summed E-state index contributed by atoms with van der Waals surface area (Å²) < 4.78 is 0. The van der Waals surface area contributed by atoms with E-state index in [-0.39, 0.29) is 17.9 Å². The Balaban J connectivity index is 1.83. The number of nitrogens with zero attached hydrogens (tertiary/aromatic N) is 2. The molecular formula is C18H27N3O. The minimum Gasteiger partial charge on any atom is -0.325 e. The molecule has 120 valence electrons. The number of amides is 1. The fraction of sp³-hybridized carbons (Fsp3) is 0.611. The summed E-state index contributed by atoms with van der Waals surface area (Å²) in [4.78, 5) is 16.9. The second kappa shape index (κ2) is 6.39. The number of carbonyl (C=O) groups excluding carboxylic acids is 1. The zero-order valence-electron chi connectivity index (χ0n) is 13.7. The smallest absolute Gasteiger partial charge is 0.231 e. The maximum absolute atomic E-state index is 12.6. The Hall–Kier alpha value is -1.39. The highest BCUT2D eigenvalue weighted by atomic mass is 16.2. The predicted molar refractivity (Wildman–Crippen MR) is 90.1 cm³/mol. The molecular weight excluding hydrogens is 274 g/mol. The minimum atomic E-state index is -0.0302. The summed E-state index contributed by atoms with van der Waals surface area (Å²) in [6, 6.07) is 6.49. The largest absolute Gasteiger partial charge is 0.325 e. The summed E-state index contributed by atoms with van der Waals surface area (Å²) in [6.07, 6.45) is 4.06. The number of anilines is 1. The third-order valence-corrected chi connectivity index (χ3v) is 5.12. The van der Waals surface area contributed by atoms with Crippen LogP contribution in [0.1, 0.15) is 30.9 Å². The second-order valence-electron chi connectivity index (χ2n) is 6.76. The van der Waals surface area contributed by atoms with Crippen molar-refractivity contribution in [3.05, 3.63) is 29.3 Å². The normalized spacial score (nSPS) is 26.1. The molecule has 1 aromatic rings. The van der Waals surface area contributed by atoms with E-state index in [0.717, 1.165) is 44.5 Å². The summed E-state index contributed by atoms with van der Waals surface area (Å²) >= 11 is 0. The Bertz CT molecular complexity index is 557. The molecule has 4 heteroatoms. The summed E-state index contributed by atoms with van der Waals surface area (Å²) in [7, 11) is 2.17. The fourth-order valence-corrected chi connectivity index (χ4v) is 3.68. The van der Waals surface area contributed by atoms with Crippen LogP contribution < -0.4 is 10.6 Å². The Labute approximate surface area is 133 Å². The maximum atomic E-state index is 12.6. The average Bonchev–Trinajstić information content (AvgIpc) is 2.69. The summed E-state index contributed by atoms with van der Waals surface area (Å²) in [6.45, 7) is 4.96. The number of fused-ring (bicyclic) bond motifs is 1. The standard InChI is InChI=1S/C18H27N3O/c1-3-4-16-17(19)12-21(18(16)22)15-6-5-13-7-9-20(2)10-8-14(13)11-15/h5-6,11,16-17H,3-4,7-10,12,19H2,1-2H3/t16-,17+/m1/s1. The number of hydrogen-bond donors (Lipinski definition) is 1. The first-order valence-corrected chi connectivity index (χ1v) is 8.47. The Morgan fingerprint density at radius 3 is 2.68 bits per heavy atom. The molecule has 2 N–H and O–H groups in total. The number of nitrogens with two attached hydrogens (primary N) is 1. The first-order chi connectivity index (χ1) is 10.6. The van der Waals surface area contributed by atoms with E-state index in [4.69, 9.17) is 5.73 Å². The lowest BCUT2D eigenvalue weighted by Gasteiger charge is -2.18. The van der Waals surface area contributed by atoms with Crippen LogP contribution in [0, 0.1) is 5.92 Å². The van der Waals surface area contributed by atoms with Crippen molar-refractivity contribution in [2.75, 3.05) is 31.6 Å². The van der Waals surface area contributed by atoms with Gasteiger partial charge in [0.05, 0.1) is 5.92 Å². The predicted octanol–water partition coefficient (Wildman–Crippen LogP) is 1.81. The van der Waals surface area contributed by atoms with Gasteiger partial charge in [-0.05, 0) is 49.6 Å². The molecule has 1 aromatic carbocycles. The number of benzene rings is 1. The maximum Gasteiger partial charge on any atom is 0.231 e. The topological polar surface area (TPSA) is 49.6 Å². The number of likely N-dealkylation sites (N-methyl/N-ethyl adjacent to an activating group) is 1. The van der Waals surface area contributed by atoms with Gasteiger partial charge in [-0.15, -0.1) is 0 Å². The van der Waals surface area contributed by atoms with E-state index in [0.29, 0.717) is 6.54 Å². The summed E-state index contributed by atoms with van der Waals surface area (Å²) in [5.74, 6) is 0.204. The lowest BCUT2D eigenvalue weighted by Crippen LogP contribution is -2.29. The van der Waals surface area contributed by atoms with Gasteiger partial charge in [-0.25, -0.2) is 0 Å². The van der Waals surface area contributed by atoms with Crippen molar-refractivity contribution in [1.29, 1.82) is 0 Å². The van der Waals surface area contributed by atoms with Crippen LogP contribution in [-0.4, -0.2) is 43.5 Å². The summed E-state index contributed by atoms with van der Waals surface area (Å²) in [5, 5.41) is 0. The van der Waals surface area contributed by atoms with Gasteiger partial charge in [0.25, 0.3) is 0 Å². The van der Waals surface area contributed by atoms with Gasteiger partial charge >= 0.3 is 0 Å². The molecule has 0 aromatic heterocycles. The number of rotatable bonds is 3. The highest BCUT2D eigenvalue weighted by Gasteiger charge is 2.38. The van der Waals surface area contributed by atoms with Crippen molar-refractivity contribution < 1.29 is 4.79 Å². The lowest BCUT2D eigenvalue weighted by molar-refractivity contribution is -0.120. The van der Waals surface area contributed by atoms with Crippen LogP contribution in [0.15, 0.2) is 18.2 Å². The van der Waals surface area contributed by atoms with Crippen LogP contribution >= 0.6 is 0 Å². The molecule has 0 aliphatic carbocycles. The van der Waals surface area contributed by atoms with Crippen molar-refractivity contribution in [3.63, 3.8) is 0 Å². The van der Waals surface area contributed by atoms with Gasteiger partial charge in [-0.2, -0.15) is 0 Å². The zero-order valence-corrected chi connectivity index (χ0v) is 13.7. The van der Waals surface area contributed by atoms with Crippen molar-refractivity contribution in [1.82, 2.24) is 4.90 Å². The van der Waals surface area contributed by atoms with E-state index in [9.17, 15) is 4.79 Å². The van der Waals surface area contributed by atoms with E-state index >= 15 is 0 Å². The van der Waals surface area contributed by atoms with Gasteiger partial charge in [0.15, 0.2) is 0 Å². The second-order valence-corrected chi connectivity index (χ2v) is 6.76. The Kier molecular flexibility index (Phi) is 4.50. The van der Waals surface area contributed by atoms with Crippen molar-refractivity contribution in [2.24, 2.45) is 11.7 Å². The SMILES string of the molecule is CCC[C@H]1C(=O)N(c2ccc3c(c2)CCN(C)CC3)C[C@@H]1N. The van der Waals surface area contributed by atoms with E-state index in [1.54, 1.807) is 0 Å². The monoisotopic (exact) mass is 301 g/mol. The number of hydrogen-bond acceptors (Lipinski definition) is 3. The van der Waals surface area contributed by atoms with Crippen LogP contribution in [0.4, 0.5) is 5.69 Å². The Morgan fingerprint density at radius 1 is 1.23 bits per heavy atom. The first kappa shape index (κ1) is 15.5. The first-order valence-electron chi connectivity index (χ1n) is 8.47. The third kappa shape index (κ3) is 2.90. The van der Waals surface area contributed by atoms with E-state index in [2.05, 4.69) is 37.1 Å². The van der Waals surface area contributed by atoms with E-state index in [1.807, 2.05) is 4.90 Å². The fourth-order valence-electron chi connectivity index (χ4n) is 3.68. The molecule has 2 aliphatic heterocycles. The third-order valence-electron chi connectivity index (χ3n) is 5.12. The molecule has 0 bridgehead atoms. The van der Waals surface area contributed by atoms with Gasteiger partial charge in [0.2, 0.25) is 5.91 Å². The van der Waals surface area contributed by atoms with Gasteiger partial charge in [-0.3, -0.25) is 4.79 Å². The van der Waals surface area contributed by atoms with Crippen LogP contribution in [0.25, 0.3) is 0 Å². The molecule has 0 radical (unpaired) electrons. The molecule has 3 rings (SSSR count). The van der Waals surface area contributed by atoms with Crippen molar-refractivity contribution >= 4 is 11.6 Å². The van der Waals surface area contributed by atoms with Crippen molar-refractivity contribution in [3.8, 4) is 0 Å². The average molecular weight is 301 g/mol. The van der Waals surface area contributed by atoms with Crippen LogP contribution in [0.3, 0.4) is 0 Å². The van der Waals surface area contributed by atoms with Gasteiger partial charge in [0.1, 0.15) is 0 Å². The molecule has 1 saturated heterocycles. The minimum absolute atomic E-state index is 0.00468. The molecule has 22 heavy (non-hydrogen) atoms. The summed E-state index contributed by atoms with van der Waals surface area (Å²) in [5.41, 5.74) is 10.0. The van der Waals surface area contributed by atoms with Crippen LogP contribution in [-0.2, 0) is 17.6 Å². The molecule has 1 fully saturated rings. The van der Waals surface area contributed by atoms with E-state index in [1.165, 1.54) is 11.1 Å². The number of carbonyl (C=O) groups is 1. The van der Waals surface area contributed by atoms with Gasteiger partial charge < -0.3 is 15.5 Å². The molecule has 1 amide bonds. The van der Waals surface area contributed by atoms with Crippen LogP contribution in [0.2, 0.25) is 0 Å². The molecule has 4 nitrogen and oxygen atoms in total. The van der Waals surface area contributed by atoms with Gasteiger partial charge in [0, 0.05) is 31.4 Å². The quantitative estimate of drug-likeness (QED) is 0.926. The zero-order chi connectivity index (χ0) is 15.7. The Morgan fingerprint density at radius 2 is 1.95 bits per heavy atom. The van der Waals surface area contributed by atoms with Crippen LogP contribution in [0.5, 0.6) is 0 Å². The van der Waals surface area contributed by atoms with Crippen molar-refractivity contribution in [2.45, 2.75) is 38.6 Å². The molecule has 0 spiro atoms. The molecule has 2 heterocycles. The van der Waals surface area contributed by atoms with E-state index < -0.39 is 0 Å². The highest BCUT2D eigenvalue weighted by Crippen LogP contribution is 2.29.